The summed E-state index contributed by atoms with van der Waals surface area (Å²) in [6.45, 7) is 7.56. The molecule has 1 aliphatic rings. The smallest absolute Gasteiger partial charge is 0.187 e. The van der Waals surface area contributed by atoms with E-state index in [1.165, 1.54) is 0 Å². The summed E-state index contributed by atoms with van der Waals surface area (Å²) in [6, 6.07) is 0. The van der Waals surface area contributed by atoms with Gasteiger partial charge in [-0.2, -0.15) is 0 Å². The molecule has 4 nitrogen and oxygen atoms in total. The molecule has 4 heteroatoms. The largest absolute Gasteiger partial charge is 0.396 e. The fourth-order valence-corrected chi connectivity index (χ4v) is 3.02. The van der Waals surface area contributed by atoms with Crippen LogP contribution in [0.25, 0.3) is 0 Å². The number of hydrogen-bond acceptors (Lipinski definition) is 4. The summed E-state index contributed by atoms with van der Waals surface area (Å²) in [5, 5.41) is 19.8. The number of hydrogen-bond donors (Lipinski definition) is 2. The molecule has 1 rings (SSSR count). The first-order chi connectivity index (χ1) is 11.3. The van der Waals surface area contributed by atoms with E-state index in [1.54, 1.807) is 6.92 Å². The van der Waals surface area contributed by atoms with Gasteiger partial charge in [-0.05, 0) is 44.4 Å². The Balaban J connectivity index is 3.08. The fraction of sp³-hybridized carbons (Fsp3) is 0.700. The second-order valence-corrected chi connectivity index (χ2v) is 7.35. The van der Waals surface area contributed by atoms with Crippen molar-refractivity contribution < 1.29 is 19.8 Å². The fourth-order valence-electron chi connectivity index (χ4n) is 3.02. The third kappa shape index (κ3) is 5.99. The van der Waals surface area contributed by atoms with E-state index in [2.05, 4.69) is 0 Å². The van der Waals surface area contributed by atoms with Gasteiger partial charge in [-0.25, -0.2) is 0 Å². The third-order valence-electron chi connectivity index (χ3n) is 4.91. The standard InChI is InChI=1S/C20H32O4/c1-13(2)17-10-8-14(3)6-5-7-16(12-21)18(22)11-9-15(4)19(23)20(17)24/h8,10,13,15-16,19,21,23H,5-7,9,11-12H2,1-4H3/b14-8-,17-10+/t15-,16?,19+/m1/s1. The molecule has 0 spiro atoms. The Morgan fingerprint density at radius 1 is 1.17 bits per heavy atom. The van der Waals surface area contributed by atoms with E-state index in [-0.39, 0.29) is 35.9 Å². The minimum Gasteiger partial charge on any atom is -0.396 e. The van der Waals surface area contributed by atoms with Crippen molar-refractivity contribution in [2.45, 2.75) is 65.9 Å². The summed E-state index contributed by atoms with van der Waals surface area (Å²) in [5.74, 6) is -0.790. The van der Waals surface area contributed by atoms with E-state index >= 15 is 0 Å². The normalized spacial score (nSPS) is 32.7. The van der Waals surface area contributed by atoms with E-state index in [0.29, 0.717) is 24.8 Å². The van der Waals surface area contributed by atoms with Crippen molar-refractivity contribution in [1.82, 2.24) is 0 Å². The van der Waals surface area contributed by atoms with Crippen LogP contribution in [-0.4, -0.2) is 34.5 Å². The minimum atomic E-state index is -1.09. The Hall–Kier alpha value is -1.26. The molecule has 0 bridgehead atoms. The Kier molecular flexibility index (Phi) is 8.57. The van der Waals surface area contributed by atoms with Gasteiger partial charge in [-0.1, -0.05) is 38.5 Å². The highest BCUT2D eigenvalue weighted by Gasteiger charge is 2.28. The predicted octanol–water partition coefficient (Wildman–Crippen LogP) is 3.22. The summed E-state index contributed by atoms with van der Waals surface area (Å²) in [4.78, 5) is 24.9. The molecule has 1 unspecified atom stereocenters. The molecule has 136 valence electrons. The lowest BCUT2D eigenvalue weighted by Gasteiger charge is -2.22. The molecule has 3 atom stereocenters. The molecule has 0 saturated carbocycles. The third-order valence-corrected chi connectivity index (χ3v) is 4.91. The number of allylic oxidation sites excluding steroid dienone is 3. The molecule has 24 heavy (non-hydrogen) atoms. The Labute approximate surface area is 145 Å². The van der Waals surface area contributed by atoms with Crippen LogP contribution < -0.4 is 0 Å². The van der Waals surface area contributed by atoms with Gasteiger partial charge >= 0.3 is 0 Å². The van der Waals surface area contributed by atoms with Gasteiger partial charge in [0.1, 0.15) is 11.9 Å². The Morgan fingerprint density at radius 3 is 2.42 bits per heavy atom. The first kappa shape index (κ1) is 20.8. The Bertz CT molecular complexity index is 502. The molecule has 0 aromatic carbocycles. The maximum atomic E-state index is 12.6. The molecule has 0 aromatic heterocycles. The molecule has 0 aromatic rings. The number of aliphatic hydroxyl groups excluding tert-OH is 2. The van der Waals surface area contributed by atoms with E-state index in [1.807, 2.05) is 32.9 Å². The number of ketones is 2. The molecule has 0 fully saturated rings. The summed E-state index contributed by atoms with van der Waals surface area (Å²) in [5.41, 5.74) is 1.76. The Morgan fingerprint density at radius 2 is 1.83 bits per heavy atom. The van der Waals surface area contributed by atoms with Crippen LogP contribution >= 0.6 is 0 Å². The van der Waals surface area contributed by atoms with Crippen molar-refractivity contribution in [3.63, 3.8) is 0 Å². The second-order valence-electron chi connectivity index (χ2n) is 7.35. The lowest BCUT2D eigenvalue weighted by molar-refractivity contribution is -0.128. The zero-order valence-electron chi connectivity index (χ0n) is 15.4. The lowest BCUT2D eigenvalue weighted by Crippen LogP contribution is -2.31. The van der Waals surface area contributed by atoms with Gasteiger partial charge < -0.3 is 10.2 Å². The van der Waals surface area contributed by atoms with Crippen molar-refractivity contribution in [3.8, 4) is 0 Å². The van der Waals surface area contributed by atoms with Gasteiger partial charge in [0.05, 0.1) is 6.61 Å². The maximum Gasteiger partial charge on any atom is 0.187 e. The van der Waals surface area contributed by atoms with E-state index in [9.17, 15) is 19.8 Å². The summed E-state index contributed by atoms with van der Waals surface area (Å²) in [7, 11) is 0. The number of carbonyl (C=O) groups excluding carboxylic acids is 2. The number of aliphatic hydroxyl groups is 2. The van der Waals surface area contributed by atoms with Gasteiger partial charge in [-0.3, -0.25) is 9.59 Å². The summed E-state index contributed by atoms with van der Waals surface area (Å²) in [6.07, 6.45) is 5.79. The zero-order valence-corrected chi connectivity index (χ0v) is 15.4. The molecule has 0 amide bonds. The lowest BCUT2D eigenvalue weighted by atomic mass is 9.85. The first-order valence-corrected chi connectivity index (χ1v) is 9.01. The molecule has 0 radical (unpaired) electrons. The highest BCUT2D eigenvalue weighted by Crippen LogP contribution is 2.23. The quantitative estimate of drug-likeness (QED) is 0.812. The van der Waals surface area contributed by atoms with Gasteiger partial charge in [0.15, 0.2) is 5.78 Å². The van der Waals surface area contributed by atoms with Crippen LogP contribution in [0.5, 0.6) is 0 Å². The van der Waals surface area contributed by atoms with Crippen molar-refractivity contribution in [2.24, 2.45) is 17.8 Å². The van der Waals surface area contributed by atoms with Crippen LogP contribution in [0.15, 0.2) is 23.3 Å². The summed E-state index contributed by atoms with van der Waals surface area (Å²) < 4.78 is 0. The van der Waals surface area contributed by atoms with Crippen molar-refractivity contribution in [3.05, 3.63) is 23.3 Å². The van der Waals surface area contributed by atoms with Crippen LogP contribution in [0.3, 0.4) is 0 Å². The maximum absolute atomic E-state index is 12.6. The van der Waals surface area contributed by atoms with Crippen LogP contribution in [0.4, 0.5) is 0 Å². The van der Waals surface area contributed by atoms with Crippen molar-refractivity contribution in [1.29, 1.82) is 0 Å². The monoisotopic (exact) mass is 336 g/mol. The van der Waals surface area contributed by atoms with Gasteiger partial charge in [0.25, 0.3) is 0 Å². The van der Waals surface area contributed by atoms with Crippen molar-refractivity contribution >= 4 is 11.6 Å². The highest BCUT2D eigenvalue weighted by molar-refractivity contribution is 5.99. The number of carbonyl (C=O) groups is 2. The second kappa shape index (κ2) is 9.90. The SMILES string of the molecule is C/C1=C/C=C(\C(C)C)C(=O)[C@@H](O)[C@H](C)CCC(=O)C(CO)CCC1. The topological polar surface area (TPSA) is 74.6 Å². The van der Waals surface area contributed by atoms with Crippen molar-refractivity contribution in [2.75, 3.05) is 6.61 Å². The van der Waals surface area contributed by atoms with Gasteiger partial charge in [0.2, 0.25) is 0 Å². The first-order valence-electron chi connectivity index (χ1n) is 9.01. The summed E-state index contributed by atoms with van der Waals surface area (Å²) >= 11 is 0. The van der Waals surface area contributed by atoms with E-state index in [4.69, 9.17) is 0 Å². The number of Topliss-reactive ketones (excluding diaryl/α,β-unsaturated/α-hetero) is 2. The molecule has 0 aliphatic heterocycles. The van der Waals surface area contributed by atoms with E-state index < -0.39 is 6.10 Å². The molecule has 0 saturated heterocycles. The molecular weight excluding hydrogens is 304 g/mol. The minimum absolute atomic E-state index is 0.0299. The van der Waals surface area contributed by atoms with Crippen LogP contribution in [0.2, 0.25) is 0 Å². The van der Waals surface area contributed by atoms with Crippen LogP contribution in [0.1, 0.15) is 59.8 Å². The zero-order chi connectivity index (χ0) is 18.3. The number of rotatable bonds is 2. The van der Waals surface area contributed by atoms with E-state index in [0.717, 1.165) is 18.4 Å². The van der Waals surface area contributed by atoms with Gasteiger partial charge in [-0.15, -0.1) is 0 Å². The average Bonchev–Trinajstić information content (AvgIpc) is 2.54. The molecule has 2 N–H and O–H groups in total. The molecule has 0 heterocycles. The predicted molar refractivity (Wildman–Crippen MR) is 95.5 cm³/mol. The van der Waals surface area contributed by atoms with Crippen LogP contribution in [-0.2, 0) is 9.59 Å². The highest BCUT2D eigenvalue weighted by atomic mass is 16.3. The molecular formula is C20H32O4. The van der Waals surface area contributed by atoms with Crippen LogP contribution in [0, 0.1) is 17.8 Å². The molecule has 1 aliphatic carbocycles. The average molecular weight is 336 g/mol. The van der Waals surface area contributed by atoms with Gasteiger partial charge in [0, 0.05) is 17.9 Å².